The maximum absolute atomic E-state index is 12.3. The van der Waals surface area contributed by atoms with E-state index < -0.39 is 0 Å². The Morgan fingerprint density at radius 1 is 1.08 bits per heavy atom. The van der Waals surface area contributed by atoms with Crippen molar-refractivity contribution in [3.8, 4) is 0 Å². The molecule has 6 nitrogen and oxygen atoms in total. The van der Waals surface area contributed by atoms with E-state index >= 15 is 0 Å². The van der Waals surface area contributed by atoms with Crippen molar-refractivity contribution in [1.82, 2.24) is 15.5 Å². The second kappa shape index (κ2) is 7.47. The van der Waals surface area contributed by atoms with Crippen LogP contribution in [0.4, 0.5) is 4.79 Å². The highest BCUT2D eigenvalue weighted by Crippen LogP contribution is 2.18. The Morgan fingerprint density at radius 3 is 2.33 bits per heavy atom. The number of nitrogens with zero attached hydrogens (tertiary/aromatic N) is 1. The number of benzene rings is 1. The fraction of sp³-hybridized carbons (Fsp3) is 0.500. The fourth-order valence-corrected chi connectivity index (χ4v) is 3.25. The van der Waals surface area contributed by atoms with Crippen molar-refractivity contribution in [3.63, 3.8) is 0 Å². The van der Waals surface area contributed by atoms with Crippen LogP contribution in [0, 0.1) is 0 Å². The molecule has 0 bridgehead atoms. The van der Waals surface area contributed by atoms with Crippen LogP contribution in [0.1, 0.15) is 54.4 Å². The number of nitrogens with one attached hydrogen (secondary N) is 2. The molecule has 0 atom stereocenters. The summed E-state index contributed by atoms with van der Waals surface area (Å²) in [6.45, 7) is 0.288. The molecule has 4 amide bonds. The van der Waals surface area contributed by atoms with Crippen molar-refractivity contribution in [3.05, 3.63) is 35.4 Å². The SMILES string of the molecule is O=C(NC1CCCCCC1)c1ccc(CN2C(=O)CNC2=O)cc1. The zero-order chi connectivity index (χ0) is 16.9. The predicted molar refractivity (Wildman–Crippen MR) is 89.3 cm³/mol. The van der Waals surface area contributed by atoms with Crippen LogP contribution in [-0.4, -0.2) is 35.3 Å². The maximum Gasteiger partial charge on any atom is 0.324 e. The van der Waals surface area contributed by atoms with Crippen LogP contribution in [0.5, 0.6) is 0 Å². The normalized spacial score (nSPS) is 19.1. The van der Waals surface area contributed by atoms with Crippen molar-refractivity contribution < 1.29 is 14.4 Å². The van der Waals surface area contributed by atoms with E-state index in [9.17, 15) is 14.4 Å². The first-order chi connectivity index (χ1) is 11.6. The van der Waals surface area contributed by atoms with Gasteiger partial charge in [0.15, 0.2) is 0 Å². The lowest BCUT2D eigenvalue weighted by Crippen LogP contribution is -2.34. The molecule has 2 aliphatic rings. The Labute approximate surface area is 141 Å². The van der Waals surface area contributed by atoms with Gasteiger partial charge in [0.25, 0.3) is 5.91 Å². The summed E-state index contributed by atoms with van der Waals surface area (Å²) in [6.07, 6.45) is 6.96. The highest BCUT2D eigenvalue weighted by molar-refractivity contribution is 6.01. The predicted octanol–water partition coefficient (Wildman–Crippen LogP) is 2.19. The molecule has 0 radical (unpaired) electrons. The van der Waals surface area contributed by atoms with Crippen molar-refractivity contribution in [2.45, 2.75) is 51.1 Å². The summed E-state index contributed by atoms with van der Waals surface area (Å²) >= 11 is 0. The number of carbonyl (C=O) groups excluding carboxylic acids is 3. The number of hydrogen-bond acceptors (Lipinski definition) is 3. The highest BCUT2D eigenvalue weighted by Gasteiger charge is 2.28. The standard InChI is InChI=1S/C18H23N3O3/c22-16-11-19-18(24)21(16)12-13-7-9-14(10-8-13)17(23)20-15-5-3-1-2-4-6-15/h7-10,15H,1-6,11-12H2,(H,19,24)(H,20,23). The largest absolute Gasteiger partial charge is 0.349 e. The first-order valence-corrected chi connectivity index (χ1v) is 8.61. The molecule has 0 unspecified atom stereocenters. The van der Waals surface area contributed by atoms with Crippen LogP contribution < -0.4 is 10.6 Å². The Bertz CT molecular complexity index is 603. The minimum absolute atomic E-state index is 0.0524. The van der Waals surface area contributed by atoms with Gasteiger partial charge in [0, 0.05) is 11.6 Å². The van der Waals surface area contributed by atoms with Gasteiger partial charge in [0.2, 0.25) is 5.91 Å². The van der Waals surface area contributed by atoms with Gasteiger partial charge in [-0.1, -0.05) is 37.8 Å². The molecule has 24 heavy (non-hydrogen) atoms. The number of urea groups is 1. The van der Waals surface area contributed by atoms with Crippen molar-refractivity contribution in [2.24, 2.45) is 0 Å². The average Bonchev–Trinajstić information content (AvgIpc) is 2.80. The molecule has 2 fully saturated rings. The molecule has 1 aliphatic heterocycles. The van der Waals surface area contributed by atoms with Gasteiger partial charge < -0.3 is 10.6 Å². The summed E-state index contributed by atoms with van der Waals surface area (Å²) in [6, 6.07) is 6.99. The molecule has 6 heteroatoms. The van der Waals surface area contributed by atoms with E-state index in [0.29, 0.717) is 5.56 Å². The zero-order valence-electron chi connectivity index (χ0n) is 13.7. The molecule has 128 valence electrons. The molecule has 1 aromatic carbocycles. The van der Waals surface area contributed by atoms with E-state index in [4.69, 9.17) is 0 Å². The van der Waals surface area contributed by atoms with Gasteiger partial charge >= 0.3 is 6.03 Å². The van der Waals surface area contributed by atoms with Crippen LogP contribution >= 0.6 is 0 Å². The maximum atomic E-state index is 12.3. The summed E-state index contributed by atoms with van der Waals surface area (Å²) in [4.78, 5) is 36.7. The first-order valence-electron chi connectivity index (χ1n) is 8.61. The quantitative estimate of drug-likeness (QED) is 0.656. The second-order valence-corrected chi connectivity index (χ2v) is 6.50. The lowest BCUT2D eigenvalue weighted by molar-refractivity contribution is -0.125. The monoisotopic (exact) mass is 329 g/mol. The summed E-state index contributed by atoms with van der Waals surface area (Å²) in [7, 11) is 0. The zero-order valence-corrected chi connectivity index (χ0v) is 13.7. The third-order valence-corrected chi connectivity index (χ3v) is 4.68. The molecule has 3 rings (SSSR count). The number of rotatable bonds is 4. The van der Waals surface area contributed by atoms with Crippen LogP contribution in [0.2, 0.25) is 0 Å². The molecule has 1 saturated heterocycles. The lowest BCUT2D eigenvalue weighted by atomic mass is 10.1. The van der Waals surface area contributed by atoms with Crippen molar-refractivity contribution >= 4 is 17.8 Å². The van der Waals surface area contributed by atoms with E-state index in [1.807, 2.05) is 0 Å². The van der Waals surface area contributed by atoms with E-state index in [1.165, 1.54) is 30.6 Å². The van der Waals surface area contributed by atoms with Crippen LogP contribution in [0.3, 0.4) is 0 Å². The van der Waals surface area contributed by atoms with Crippen LogP contribution in [0.25, 0.3) is 0 Å². The Hall–Kier alpha value is -2.37. The number of imide groups is 1. The minimum Gasteiger partial charge on any atom is -0.349 e. The smallest absolute Gasteiger partial charge is 0.324 e. The van der Waals surface area contributed by atoms with Gasteiger partial charge in [-0.2, -0.15) is 0 Å². The fourth-order valence-electron chi connectivity index (χ4n) is 3.25. The summed E-state index contributed by atoms with van der Waals surface area (Å²) in [5.74, 6) is -0.279. The molecule has 0 aromatic heterocycles. The lowest BCUT2D eigenvalue weighted by Gasteiger charge is -2.16. The van der Waals surface area contributed by atoms with Gasteiger partial charge in [-0.25, -0.2) is 4.79 Å². The molecule has 1 heterocycles. The van der Waals surface area contributed by atoms with Crippen LogP contribution in [-0.2, 0) is 11.3 Å². The molecular weight excluding hydrogens is 306 g/mol. The minimum atomic E-state index is -0.366. The van der Waals surface area contributed by atoms with E-state index in [-0.39, 0.29) is 37.0 Å². The Morgan fingerprint density at radius 2 is 1.75 bits per heavy atom. The summed E-state index contributed by atoms with van der Waals surface area (Å²) in [5.41, 5.74) is 1.44. The van der Waals surface area contributed by atoms with Gasteiger partial charge in [-0.05, 0) is 30.5 Å². The van der Waals surface area contributed by atoms with E-state index in [2.05, 4.69) is 10.6 Å². The van der Waals surface area contributed by atoms with Gasteiger partial charge in [-0.15, -0.1) is 0 Å². The van der Waals surface area contributed by atoms with E-state index in [1.54, 1.807) is 24.3 Å². The van der Waals surface area contributed by atoms with Gasteiger partial charge in [0.1, 0.15) is 0 Å². The van der Waals surface area contributed by atoms with Crippen LogP contribution in [0.15, 0.2) is 24.3 Å². The highest BCUT2D eigenvalue weighted by atomic mass is 16.2. The molecule has 0 spiro atoms. The third kappa shape index (κ3) is 3.93. The Kier molecular flexibility index (Phi) is 5.13. The van der Waals surface area contributed by atoms with Crippen molar-refractivity contribution in [1.29, 1.82) is 0 Å². The second-order valence-electron chi connectivity index (χ2n) is 6.50. The molecule has 1 aliphatic carbocycles. The summed E-state index contributed by atoms with van der Waals surface area (Å²) in [5, 5.41) is 5.61. The third-order valence-electron chi connectivity index (χ3n) is 4.68. The number of hydrogen-bond donors (Lipinski definition) is 2. The molecule has 2 N–H and O–H groups in total. The van der Waals surface area contributed by atoms with Crippen molar-refractivity contribution in [2.75, 3.05) is 6.54 Å². The topological polar surface area (TPSA) is 78.5 Å². The first kappa shape index (κ1) is 16.5. The van der Waals surface area contributed by atoms with Gasteiger partial charge in [-0.3, -0.25) is 14.5 Å². The molecular formula is C18H23N3O3. The number of carbonyl (C=O) groups is 3. The Balaban J connectivity index is 1.58. The number of amides is 4. The molecule has 1 saturated carbocycles. The summed E-state index contributed by atoms with van der Waals surface area (Å²) < 4.78 is 0. The van der Waals surface area contributed by atoms with Gasteiger partial charge in [0.05, 0.1) is 13.1 Å². The van der Waals surface area contributed by atoms with E-state index in [0.717, 1.165) is 18.4 Å². The average molecular weight is 329 g/mol. The molecule has 1 aromatic rings.